The Balaban J connectivity index is 1.76. The molecule has 1 saturated heterocycles. The van der Waals surface area contributed by atoms with Crippen LogP contribution in [-0.2, 0) is 0 Å². The van der Waals surface area contributed by atoms with E-state index in [0.29, 0.717) is 17.4 Å². The van der Waals surface area contributed by atoms with E-state index in [0.717, 1.165) is 41.3 Å². The first-order chi connectivity index (χ1) is 11.2. The van der Waals surface area contributed by atoms with Crippen molar-refractivity contribution in [1.29, 1.82) is 0 Å². The molecule has 0 aliphatic carbocycles. The minimum atomic E-state index is -0.443. The molecule has 0 saturated carbocycles. The third-order valence-corrected chi connectivity index (χ3v) is 4.59. The molecule has 1 fully saturated rings. The van der Waals surface area contributed by atoms with Crippen LogP contribution in [0.25, 0.3) is 21.9 Å². The van der Waals surface area contributed by atoms with Crippen molar-refractivity contribution in [3.05, 3.63) is 29.5 Å². The molecule has 4 N–H and O–H groups in total. The molecule has 4 rings (SSSR count). The normalized spacial score (nSPS) is 22.3. The number of halogens is 1. The summed E-state index contributed by atoms with van der Waals surface area (Å²) in [5, 5.41) is 18.5. The van der Waals surface area contributed by atoms with Gasteiger partial charge in [0.05, 0.1) is 12.1 Å². The predicted molar refractivity (Wildman–Crippen MR) is 91.9 cm³/mol. The van der Waals surface area contributed by atoms with E-state index in [1.807, 2.05) is 18.2 Å². The number of nitrogens with zero attached hydrogens (tertiary/aromatic N) is 2. The molecule has 3 aromatic rings. The van der Waals surface area contributed by atoms with E-state index < -0.39 is 6.10 Å². The van der Waals surface area contributed by atoms with E-state index in [-0.39, 0.29) is 6.04 Å². The minimum absolute atomic E-state index is 0.0295. The van der Waals surface area contributed by atoms with Gasteiger partial charge in [0.2, 0.25) is 0 Å². The van der Waals surface area contributed by atoms with Crippen LogP contribution in [0.1, 0.15) is 12.8 Å². The monoisotopic (exact) mass is 331 g/mol. The van der Waals surface area contributed by atoms with E-state index in [4.69, 9.17) is 11.6 Å². The minimum Gasteiger partial charge on any atom is -0.390 e. The van der Waals surface area contributed by atoms with Crippen molar-refractivity contribution in [2.24, 2.45) is 0 Å². The summed E-state index contributed by atoms with van der Waals surface area (Å²) in [6.07, 6.45) is 3.01. The van der Waals surface area contributed by atoms with Crippen LogP contribution in [0.4, 0.5) is 5.82 Å². The van der Waals surface area contributed by atoms with Crippen molar-refractivity contribution in [2.75, 3.05) is 18.4 Å². The lowest BCUT2D eigenvalue weighted by Gasteiger charge is -2.22. The number of benzene rings is 1. The second-order valence-electron chi connectivity index (χ2n) is 5.93. The molecule has 3 heterocycles. The first-order valence-corrected chi connectivity index (χ1v) is 8.17. The molecule has 0 bridgehead atoms. The molecule has 23 heavy (non-hydrogen) atoms. The van der Waals surface area contributed by atoms with Gasteiger partial charge in [0.1, 0.15) is 17.4 Å². The molecule has 2 aromatic heterocycles. The third kappa shape index (κ3) is 2.73. The summed E-state index contributed by atoms with van der Waals surface area (Å²) in [4.78, 5) is 12.1. The maximum Gasteiger partial charge on any atom is 0.154 e. The molecular formula is C16H18ClN5O. The Hall–Kier alpha value is -1.89. The zero-order valence-electron chi connectivity index (χ0n) is 12.5. The average molecular weight is 332 g/mol. The van der Waals surface area contributed by atoms with Gasteiger partial charge >= 0.3 is 0 Å². The fraction of sp³-hybridized carbons (Fsp3) is 0.375. The molecule has 1 aliphatic heterocycles. The summed E-state index contributed by atoms with van der Waals surface area (Å²) in [6, 6.07) is 5.66. The standard InChI is InChI=1S/C16H18ClN5O/c17-9-3-4-11-10(6-9)14-15(21-11)16(20-8-19-14)22-12-2-1-5-18-7-13(12)23/h3-4,6,8,12-13,18,21,23H,1-2,5,7H2,(H,19,20,22)/t12-,13-/m1/s1. The Bertz CT molecular complexity index is 849. The Labute approximate surface area is 138 Å². The lowest BCUT2D eigenvalue weighted by atomic mass is 10.1. The molecular weight excluding hydrogens is 314 g/mol. The fourth-order valence-electron chi connectivity index (χ4n) is 3.15. The van der Waals surface area contributed by atoms with Gasteiger partial charge in [0.15, 0.2) is 5.82 Å². The summed E-state index contributed by atoms with van der Waals surface area (Å²) >= 11 is 6.10. The molecule has 120 valence electrons. The number of rotatable bonds is 2. The molecule has 0 unspecified atom stereocenters. The van der Waals surface area contributed by atoms with Crippen LogP contribution in [0.5, 0.6) is 0 Å². The smallest absolute Gasteiger partial charge is 0.154 e. The topological polar surface area (TPSA) is 85.9 Å². The van der Waals surface area contributed by atoms with Crippen molar-refractivity contribution < 1.29 is 5.11 Å². The average Bonchev–Trinajstić information content (AvgIpc) is 2.80. The highest BCUT2D eigenvalue weighted by Gasteiger charge is 2.23. The van der Waals surface area contributed by atoms with Gasteiger partial charge in [-0.3, -0.25) is 0 Å². The SMILES string of the molecule is O[C@@H]1CNCCC[C@H]1Nc1ncnc2c1[nH]c1ccc(Cl)cc12. The van der Waals surface area contributed by atoms with E-state index in [9.17, 15) is 5.11 Å². The van der Waals surface area contributed by atoms with Gasteiger partial charge in [-0.2, -0.15) is 0 Å². The van der Waals surface area contributed by atoms with E-state index >= 15 is 0 Å². The summed E-state index contributed by atoms with van der Waals surface area (Å²) < 4.78 is 0. The van der Waals surface area contributed by atoms with Gasteiger partial charge in [-0.05, 0) is 37.6 Å². The number of nitrogens with one attached hydrogen (secondary N) is 3. The third-order valence-electron chi connectivity index (χ3n) is 4.35. The van der Waals surface area contributed by atoms with Crippen LogP contribution < -0.4 is 10.6 Å². The van der Waals surface area contributed by atoms with Crippen LogP contribution in [0, 0.1) is 0 Å². The van der Waals surface area contributed by atoms with E-state index in [2.05, 4.69) is 25.6 Å². The van der Waals surface area contributed by atoms with Gasteiger partial charge in [-0.1, -0.05) is 11.6 Å². The molecule has 6 nitrogen and oxygen atoms in total. The molecule has 0 spiro atoms. The van der Waals surface area contributed by atoms with Gasteiger partial charge in [-0.25, -0.2) is 9.97 Å². The maximum absolute atomic E-state index is 10.3. The summed E-state index contributed by atoms with van der Waals surface area (Å²) in [6.45, 7) is 1.52. The van der Waals surface area contributed by atoms with E-state index in [1.165, 1.54) is 0 Å². The molecule has 0 radical (unpaired) electrons. The van der Waals surface area contributed by atoms with Gasteiger partial charge in [0.25, 0.3) is 0 Å². The molecule has 0 amide bonds. The zero-order chi connectivity index (χ0) is 15.8. The quantitative estimate of drug-likeness (QED) is 0.579. The Kier molecular flexibility index (Phi) is 3.80. The number of aromatic amines is 1. The molecule has 1 aliphatic rings. The number of aliphatic hydroxyl groups excluding tert-OH is 1. The number of anilines is 1. The number of β-amino-alcohol motifs (C(OH)–C–C–N with tert-alkyl or cyclic N) is 1. The maximum atomic E-state index is 10.3. The Morgan fingerprint density at radius 2 is 2.22 bits per heavy atom. The number of H-pyrrole nitrogens is 1. The van der Waals surface area contributed by atoms with Crippen LogP contribution in [-0.4, -0.2) is 45.3 Å². The first-order valence-electron chi connectivity index (χ1n) is 7.79. The summed E-state index contributed by atoms with van der Waals surface area (Å²) in [5.74, 6) is 0.716. The van der Waals surface area contributed by atoms with Gasteiger partial charge < -0.3 is 20.7 Å². The lowest BCUT2D eigenvalue weighted by Crippen LogP contribution is -2.38. The van der Waals surface area contributed by atoms with Crippen molar-refractivity contribution >= 4 is 39.4 Å². The lowest BCUT2D eigenvalue weighted by molar-refractivity contribution is 0.155. The highest BCUT2D eigenvalue weighted by Crippen LogP contribution is 2.29. The predicted octanol–water partition coefficient (Wildman–Crippen LogP) is 2.29. The van der Waals surface area contributed by atoms with Gasteiger partial charge in [0, 0.05) is 22.5 Å². The molecule has 2 atom stereocenters. The number of aromatic nitrogens is 3. The van der Waals surface area contributed by atoms with Crippen LogP contribution in [0.2, 0.25) is 5.02 Å². The number of aliphatic hydroxyl groups is 1. The van der Waals surface area contributed by atoms with Crippen molar-refractivity contribution in [3.8, 4) is 0 Å². The highest BCUT2D eigenvalue weighted by molar-refractivity contribution is 6.31. The first kappa shape index (κ1) is 14.7. The summed E-state index contributed by atoms with van der Waals surface area (Å²) in [5.41, 5.74) is 2.64. The van der Waals surface area contributed by atoms with Crippen LogP contribution in [0.3, 0.4) is 0 Å². The highest BCUT2D eigenvalue weighted by atomic mass is 35.5. The second kappa shape index (κ2) is 5.96. The Morgan fingerprint density at radius 1 is 1.30 bits per heavy atom. The molecule has 1 aromatic carbocycles. The largest absolute Gasteiger partial charge is 0.390 e. The summed E-state index contributed by atoms with van der Waals surface area (Å²) in [7, 11) is 0. The Morgan fingerprint density at radius 3 is 3.13 bits per heavy atom. The second-order valence-corrected chi connectivity index (χ2v) is 6.36. The molecule has 7 heteroatoms. The fourth-order valence-corrected chi connectivity index (χ4v) is 3.32. The number of hydrogen-bond donors (Lipinski definition) is 4. The van der Waals surface area contributed by atoms with Crippen molar-refractivity contribution in [3.63, 3.8) is 0 Å². The van der Waals surface area contributed by atoms with E-state index in [1.54, 1.807) is 6.33 Å². The van der Waals surface area contributed by atoms with Crippen molar-refractivity contribution in [1.82, 2.24) is 20.3 Å². The zero-order valence-corrected chi connectivity index (χ0v) is 13.3. The van der Waals surface area contributed by atoms with Gasteiger partial charge in [-0.15, -0.1) is 0 Å². The number of fused-ring (bicyclic) bond motifs is 3. The number of hydrogen-bond acceptors (Lipinski definition) is 5. The van der Waals surface area contributed by atoms with Crippen LogP contribution in [0.15, 0.2) is 24.5 Å². The van der Waals surface area contributed by atoms with Crippen LogP contribution >= 0.6 is 11.6 Å². The van der Waals surface area contributed by atoms with Crippen molar-refractivity contribution in [2.45, 2.75) is 25.0 Å².